The van der Waals surface area contributed by atoms with Crippen molar-refractivity contribution < 1.29 is 24.2 Å². The van der Waals surface area contributed by atoms with E-state index >= 15 is 0 Å². The van der Waals surface area contributed by atoms with Crippen LogP contribution in [0.3, 0.4) is 0 Å². The van der Waals surface area contributed by atoms with Gasteiger partial charge in [-0.15, -0.1) is 0 Å². The number of aliphatic hydroxyl groups is 1. The molecule has 1 spiro atoms. The minimum atomic E-state index is -1.55. The molecular weight excluding hydrogens is 442 g/mol. The molecule has 0 bridgehead atoms. The van der Waals surface area contributed by atoms with E-state index < -0.39 is 29.5 Å². The largest absolute Gasteiger partial charge is 0.448 e. The summed E-state index contributed by atoms with van der Waals surface area (Å²) in [6.07, 6.45) is 6.35. The molecule has 4 rings (SSSR count). The smallest absolute Gasteiger partial charge is 0.307 e. The SMILES string of the molecule is C=C1[C@@H](C)[C@H]2[C@H](Cc3ccccc3)NC(=O)[C@]23OC(=O)CCC(=O)CCC[C@@H](C)C/C=C/[C@H]3[C@@H]1O. The van der Waals surface area contributed by atoms with E-state index in [-0.39, 0.29) is 36.5 Å². The second kappa shape index (κ2) is 10.5. The number of benzene rings is 1. The van der Waals surface area contributed by atoms with Crippen LogP contribution in [0.1, 0.15) is 57.9 Å². The highest BCUT2D eigenvalue weighted by atomic mass is 16.6. The van der Waals surface area contributed by atoms with Gasteiger partial charge < -0.3 is 15.2 Å². The molecule has 2 heterocycles. The van der Waals surface area contributed by atoms with Crippen molar-refractivity contribution in [3.8, 4) is 0 Å². The van der Waals surface area contributed by atoms with Gasteiger partial charge in [-0.05, 0) is 48.7 Å². The van der Waals surface area contributed by atoms with Crippen LogP contribution >= 0.6 is 0 Å². The molecule has 1 saturated heterocycles. The topological polar surface area (TPSA) is 92.7 Å². The van der Waals surface area contributed by atoms with Crippen molar-refractivity contribution >= 4 is 17.7 Å². The molecule has 0 unspecified atom stereocenters. The van der Waals surface area contributed by atoms with Crippen molar-refractivity contribution in [2.45, 2.75) is 76.5 Å². The molecule has 35 heavy (non-hydrogen) atoms. The maximum atomic E-state index is 13.7. The zero-order chi connectivity index (χ0) is 25.2. The second-order valence-corrected chi connectivity index (χ2v) is 10.6. The zero-order valence-electron chi connectivity index (χ0n) is 20.7. The lowest BCUT2D eigenvalue weighted by molar-refractivity contribution is -0.186. The average Bonchev–Trinajstić information content (AvgIpc) is 3.09. The number of carbonyl (C=O) groups excluding carboxylic acids is 3. The first-order chi connectivity index (χ1) is 16.7. The molecule has 1 amide bonds. The molecule has 0 radical (unpaired) electrons. The zero-order valence-corrected chi connectivity index (χ0v) is 20.7. The van der Waals surface area contributed by atoms with Crippen LogP contribution < -0.4 is 5.32 Å². The number of hydrogen-bond donors (Lipinski definition) is 2. The number of ether oxygens (including phenoxy) is 1. The number of carbonyl (C=O) groups is 3. The van der Waals surface area contributed by atoms with Crippen LogP contribution in [0.4, 0.5) is 0 Å². The summed E-state index contributed by atoms with van der Waals surface area (Å²) in [6.45, 7) is 8.26. The van der Waals surface area contributed by atoms with Crippen molar-refractivity contribution in [1.29, 1.82) is 0 Å². The molecule has 3 aliphatic rings. The molecule has 6 nitrogen and oxygen atoms in total. The molecule has 1 aromatic rings. The van der Waals surface area contributed by atoms with Gasteiger partial charge in [0.05, 0.1) is 18.4 Å². The fraction of sp³-hybridized carbons (Fsp3) is 0.552. The number of rotatable bonds is 2. The van der Waals surface area contributed by atoms with E-state index in [4.69, 9.17) is 4.74 Å². The number of allylic oxidation sites excluding steroid dienone is 1. The number of ketones is 1. The van der Waals surface area contributed by atoms with Crippen LogP contribution in [-0.2, 0) is 25.5 Å². The van der Waals surface area contributed by atoms with E-state index in [9.17, 15) is 19.5 Å². The van der Waals surface area contributed by atoms with Crippen LogP contribution in [0, 0.1) is 23.7 Å². The highest BCUT2D eigenvalue weighted by Crippen LogP contribution is 2.52. The fourth-order valence-electron chi connectivity index (χ4n) is 6.19. The van der Waals surface area contributed by atoms with Gasteiger partial charge in [0.25, 0.3) is 5.91 Å². The lowest BCUT2D eigenvalue weighted by Crippen LogP contribution is -2.61. The van der Waals surface area contributed by atoms with Crippen LogP contribution in [0.2, 0.25) is 0 Å². The van der Waals surface area contributed by atoms with Gasteiger partial charge in [0.15, 0.2) is 0 Å². The number of amides is 1. The lowest BCUT2D eigenvalue weighted by atomic mass is 9.59. The summed E-state index contributed by atoms with van der Waals surface area (Å²) in [5.41, 5.74) is 0.163. The van der Waals surface area contributed by atoms with E-state index in [1.54, 1.807) is 0 Å². The van der Waals surface area contributed by atoms with Gasteiger partial charge in [0.1, 0.15) is 5.78 Å². The second-order valence-electron chi connectivity index (χ2n) is 10.6. The predicted octanol–water partition coefficient (Wildman–Crippen LogP) is 3.92. The highest BCUT2D eigenvalue weighted by Gasteiger charge is 2.67. The van der Waals surface area contributed by atoms with Crippen molar-refractivity contribution in [2.75, 3.05) is 0 Å². The maximum Gasteiger partial charge on any atom is 0.307 e. The summed E-state index contributed by atoms with van der Waals surface area (Å²) >= 11 is 0. The summed E-state index contributed by atoms with van der Waals surface area (Å²) in [7, 11) is 0. The Kier molecular flexibility index (Phi) is 7.60. The quantitative estimate of drug-likeness (QED) is 0.495. The number of esters is 1. The Hall–Kier alpha value is -2.73. The molecule has 2 N–H and O–H groups in total. The third kappa shape index (κ3) is 4.99. The normalized spacial score (nSPS) is 37.5. The summed E-state index contributed by atoms with van der Waals surface area (Å²) in [6, 6.07) is 9.60. The maximum absolute atomic E-state index is 13.7. The van der Waals surface area contributed by atoms with Gasteiger partial charge in [-0.2, -0.15) is 0 Å². The standard InChI is InChI=1S/C29H37NO5/c1-18-9-7-13-22(31)15-16-25(32)35-29-23(14-8-10-18)27(33)20(3)19(2)26(29)24(30-28(29)34)17-21-11-5-4-6-12-21/h4-6,8,11-12,14,18-19,23-24,26-27,33H,3,7,9-10,13,15-17H2,1-2H3,(H,30,34)/b14-8+/t18-,19-,23+,24+,26+,27-,29-/m1/s1. The Balaban J connectivity index is 1.76. The van der Waals surface area contributed by atoms with Gasteiger partial charge in [-0.3, -0.25) is 14.4 Å². The van der Waals surface area contributed by atoms with E-state index in [2.05, 4.69) is 18.8 Å². The van der Waals surface area contributed by atoms with Crippen LogP contribution in [0.15, 0.2) is 54.6 Å². The molecule has 7 atom stereocenters. The molecular formula is C29H37NO5. The molecule has 1 saturated carbocycles. The van der Waals surface area contributed by atoms with E-state index in [0.29, 0.717) is 24.3 Å². The monoisotopic (exact) mass is 479 g/mol. The number of aliphatic hydroxyl groups excluding tert-OH is 1. The van der Waals surface area contributed by atoms with Crippen molar-refractivity contribution in [2.24, 2.45) is 23.7 Å². The molecule has 1 aliphatic carbocycles. The van der Waals surface area contributed by atoms with Gasteiger partial charge in [0, 0.05) is 24.8 Å². The third-order valence-corrected chi connectivity index (χ3v) is 8.16. The Labute approximate surface area is 207 Å². The van der Waals surface area contributed by atoms with Crippen molar-refractivity contribution in [1.82, 2.24) is 5.32 Å². The highest BCUT2D eigenvalue weighted by molar-refractivity contribution is 5.93. The van der Waals surface area contributed by atoms with E-state index in [1.165, 1.54) is 0 Å². The first kappa shape index (κ1) is 25.4. The number of hydrogen-bond acceptors (Lipinski definition) is 5. The first-order valence-electron chi connectivity index (χ1n) is 12.9. The minimum absolute atomic E-state index is 0.0376. The summed E-state index contributed by atoms with van der Waals surface area (Å²) in [5.74, 6) is -1.95. The summed E-state index contributed by atoms with van der Waals surface area (Å²) in [4.78, 5) is 39.1. The predicted molar refractivity (Wildman–Crippen MR) is 133 cm³/mol. The summed E-state index contributed by atoms with van der Waals surface area (Å²) < 4.78 is 6.10. The van der Waals surface area contributed by atoms with Crippen LogP contribution in [0.25, 0.3) is 0 Å². The molecule has 188 valence electrons. The molecule has 2 fully saturated rings. The molecule has 2 aliphatic heterocycles. The van der Waals surface area contributed by atoms with Gasteiger partial charge in [-0.25, -0.2) is 0 Å². The van der Waals surface area contributed by atoms with Gasteiger partial charge in [-0.1, -0.05) is 62.9 Å². The molecule has 1 aromatic carbocycles. The lowest BCUT2D eigenvalue weighted by Gasteiger charge is -2.49. The Morgan fingerprint density at radius 1 is 1.11 bits per heavy atom. The molecule has 6 heteroatoms. The Morgan fingerprint density at radius 2 is 1.86 bits per heavy atom. The first-order valence-corrected chi connectivity index (χ1v) is 12.9. The van der Waals surface area contributed by atoms with Gasteiger partial charge >= 0.3 is 5.97 Å². The average molecular weight is 480 g/mol. The van der Waals surface area contributed by atoms with Crippen molar-refractivity contribution in [3.05, 3.63) is 60.2 Å². The van der Waals surface area contributed by atoms with E-state index in [0.717, 1.165) is 24.8 Å². The fourth-order valence-corrected chi connectivity index (χ4v) is 6.19. The van der Waals surface area contributed by atoms with Crippen LogP contribution in [-0.4, -0.2) is 40.5 Å². The van der Waals surface area contributed by atoms with Crippen LogP contribution in [0.5, 0.6) is 0 Å². The number of Topliss-reactive ketones (excluding diaryl/α,β-unsaturated/α-hetero) is 1. The van der Waals surface area contributed by atoms with Gasteiger partial charge in [0.2, 0.25) is 5.60 Å². The molecule has 0 aromatic heterocycles. The third-order valence-electron chi connectivity index (χ3n) is 8.16. The minimum Gasteiger partial charge on any atom is -0.448 e. The van der Waals surface area contributed by atoms with Crippen molar-refractivity contribution in [3.63, 3.8) is 0 Å². The van der Waals surface area contributed by atoms with E-state index in [1.807, 2.05) is 49.4 Å². The Bertz CT molecular complexity index is 1000. The Morgan fingerprint density at radius 3 is 2.60 bits per heavy atom. The summed E-state index contributed by atoms with van der Waals surface area (Å²) in [5, 5.41) is 14.4. The number of nitrogens with one attached hydrogen (secondary N) is 1.